The Morgan fingerprint density at radius 3 is 2.14 bits per heavy atom. The van der Waals surface area contributed by atoms with E-state index in [0.29, 0.717) is 29.6 Å². The predicted molar refractivity (Wildman–Crippen MR) is 136 cm³/mol. The molecule has 0 saturated carbocycles. The third-order valence-corrected chi connectivity index (χ3v) is 4.63. The lowest BCUT2D eigenvalue weighted by Crippen LogP contribution is -2.27. The maximum atomic E-state index is 11.6. The number of hydrogen-bond acceptors (Lipinski definition) is 10. The number of hydrogen-bond donors (Lipinski definition) is 4. The normalized spacial score (nSPS) is 14.0. The van der Waals surface area contributed by atoms with Gasteiger partial charge in [0, 0.05) is 11.1 Å². The summed E-state index contributed by atoms with van der Waals surface area (Å²) in [5, 5.41) is 18.3. The zero-order valence-corrected chi connectivity index (χ0v) is 22.3. The highest BCUT2D eigenvalue weighted by molar-refractivity contribution is 6.30. The Kier molecular flexibility index (Phi) is 12.5. The first-order valence-electron chi connectivity index (χ1n) is 10.8. The number of rotatable bonds is 4. The van der Waals surface area contributed by atoms with Crippen LogP contribution in [-0.4, -0.2) is 64.1 Å². The smallest absolute Gasteiger partial charge is 0.412 e. The van der Waals surface area contributed by atoms with Gasteiger partial charge in [-0.3, -0.25) is 10.1 Å². The van der Waals surface area contributed by atoms with Crippen molar-refractivity contribution in [3.63, 3.8) is 0 Å². The molecule has 0 atom stereocenters. The molecular formula is C23H32Cl2N4O7. The molecule has 0 spiro atoms. The van der Waals surface area contributed by atoms with Crippen molar-refractivity contribution in [2.24, 2.45) is 0 Å². The van der Waals surface area contributed by atoms with Gasteiger partial charge in [-0.2, -0.15) is 0 Å². The van der Waals surface area contributed by atoms with Gasteiger partial charge < -0.3 is 30.2 Å². The number of nitrogens with zero attached hydrogens (tertiary/aromatic N) is 2. The number of amides is 1. The third-order valence-electron chi connectivity index (χ3n) is 4.21. The molecule has 36 heavy (non-hydrogen) atoms. The Morgan fingerprint density at radius 1 is 1.11 bits per heavy atom. The van der Waals surface area contributed by atoms with Gasteiger partial charge in [0.15, 0.2) is 11.6 Å². The van der Waals surface area contributed by atoms with Crippen molar-refractivity contribution in [1.82, 2.24) is 9.97 Å². The van der Waals surface area contributed by atoms with Crippen molar-refractivity contribution in [3.8, 4) is 0 Å². The van der Waals surface area contributed by atoms with Crippen LogP contribution in [0.5, 0.6) is 0 Å². The topological polar surface area (TPSA) is 166 Å². The highest BCUT2D eigenvalue weighted by Gasteiger charge is 2.35. The summed E-state index contributed by atoms with van der Waals surface area (Å²) >= 11 is 11.5. The molecule has 0 unspecified atom stereocenters. The second kappa shape index (κ2) is 14.3. The standard InChI is InChI=1S/C12H15ClN2O3.C9H11ClN2O2.C2H6O2/c1-7(16)8-5-10(13)14-6-9(8)15-11(17)18-12(2,3)4;1-9(13-2-3-14-9)6-4-8(10)12-5-7(6)11;3-1-2-4/h5-6H,1-4H3,(H,15,17);4-5H,2-3,11H2,1H3;3-4H,1-2H2. The number of anilines is 2. The van der Waals surface area contributed by atoms with Crippen LogP contribution in [0.3, 0.4) is 0 Å². The minimum Gasteiger partial charge on any atom is -0.444 e. The second-order valence-corrected chi connectivity index (χ2v) is 9.19. The highest BCUT2D eigenvalue weighted by atomic mass is 35.5. The Hall–Kier alpha value is -2.54. The fourth-order valence-corrected chi connectivity index (χ4v) is 3.05. The molecule has 1 aliphatic heterocycles. The van der Waals surface area contributed by atoms with E-state index in [1.807, 2.05) is 6.92 Å². The number of aliphatic hydroxyl groups excluding tert-OH is 2. The summed E-state index contributed by atoms with van der Waals surface area (Å²) < 4.78 is 16.0. The molecule has 2 aromatic rings. The zero-order chi connectivity index (χ0) is 27.5. The number of ketones is 1. The second-order valence-electron chi connectivity index (χ2n) is 8.42. The van der Waals surface area contributed by atoms with Gasteiger partial charge in [-0.15, -0.1) is 0 Å². The molecule has 1 saturated heterocycles. The van der Waals surface area contributed by atoms with E-state index in [9.17, 15) is 9.59 Å². The maximum absolute atomic E-state index is 11.6. The minimum atomic E-state index is -0.781. The third kappa shape index (κ3) is 10.6. The molecule has 5 N–H and O–H groups in total. The van der Waals surface area contributed by atoms with Gasteiger partial charge in [0.05, 0.1) is 50.2 Å². The summed E-state index contributed by atoms with van der Waals surface area (Å²) in [6, 6.07) is 3.07. The van der Waals surface area contributed by atoms with Gasteiger partial charge in [0.1, 0.15) is 15.9 Å². The molecule has 1 amide bonds. The average molecular weight is 547 g/mol. The van der Waals surface area contributed by atoms with Crippen LogP contribution < -0.4 is 11.1 Å². The lowest BCUT2D eigenvalue weighted by atomic mass is 10.1. The van der Waals surface area contributed by atoms with Gasteiger partial charge in [-0.25, -0.2) is 14.8 Å². The van der Waals surface area contributed by atoms with Crippen molar-refractivity contribution in [2.45, 2.75) is 46.0 Å². The van der Waals surface area contributed by atoms with Crippen LogP contribution in [0.2, 0.25) is 10.3 Å². The molecule has 1 fully saturated rings. The van der Waals surface area contributed by atoms with Crippen molar-refractivity contribution in [3.05, 3.63) is 46.0 Å². The first-order chi connectivity index (χ1) is 16.7. The lowest BCUT2D eigenvalue weighted by molar-refractivity contribution is -0.149. The lowest BCUT2D eigenvalue weighted by Gasteiger charge is -2.23. The van der Waals surface area contributed by atoms with E-state index in [4.69, 9.17) is 53.4 Å². The van der Waals surface area contributed by atoms with Crippen LogP contribution in [0, 0.1) is 0 Å². The van der Waals surface area contributed by atoms with E-state index in [1.165, 1.54) is 25.4 Å². The largest absolute Gasteiger partial charge is 0.444 e. The predicted octanol–water partition coefficient (Wildman–Crippen LogP) is 3.79. The summed E-state index contributed by atoms with van der Waals surface area (Å²) in [4.78, 5) is 30.7. The highest BCUT2D eigenvalue weighted by Crippen LogP contribution is 2.35. The molecule has 0 aliphatic carbocycles. The van der Waals surface area contributed by atoms with Gasteiger partial charge in [0.25, 0.3) is 0 Å². The van der Waals surface area contributed by atoms with Crippen molar-refractivity contribution in [2.75, 3.05) is 37.5 Å². The van der Waals surface area contributed by atoms with Crippen LogP contribution in [0.15, 0.2) is 24.5 Å². The number of aromatic nitrogens is 2. The maximum Gasteiger partial charge on any atom is 0.412 e. The number of halogens is 2. The first kappa shape index (κ1) is 31.5. The summed E-state index contributed by atoms with van der Waals surface area (Å²) in [7, 11) is 0. The molecule has 13 heteroatoms. The van der Waals surface area contributed by atoms with Gasteiger partial charge in [-0.05, 0) is 46.8 Å². The Balaban J connectivity index is 0.000000320. The van der Waals surface area contributed by atoms with Crippen LogP contribution in [0.4, 0.5) is 16.2 Å². The summed E-state index contributed by atoms with van der Waals surface area (Å²) in [5.74, 6) is -0.998. The van der Waals surface area contributed by atoms with Gasteiger partial charge in [0.2, 0.25) is 0 Å². The van der Waals surface area contributed by atoms with E-state index in [1.54, 1.807) is 26.8 Å². The molecule has 0 radical (unpaired) electrons. The molecular weight excluding hydrogens is 515 g/mol. The van der Waals surface area contributed by atoms with E-state index < -0.39 is 17.5 Å². The van der Waals surface area contributed by atoms with Crippen molar-refractivity contribution in [1.29, 1.82) is 0 Å². The van der Waals surface area contributed by atoms with E-state index in [2.05, 4.69) is 15.3 Å². The zero-order valence-electron chi connectivity index (χ0n) is 20.8. The molecule has 0 aromatic carbocycles. The van der Waals surface area contributed by atoms with E-state index in [-0.39, 0.29) is 29.8 Å². The molecule has 3 rings (SSSR count). The average Bonchev–Trinajstić information content (AvgIpc) is 3.23. The van der Waals surface area contributed by atoms with Crippen LogP contribution in [0.1, 0.15) is 50.5 Å². The molecule has 3 heterocycles. The molecule has 11 nitrogen and oxygen atoms in total. The number of nitrogen functional groups attached to an aromatic ring is 1. The molecule has 2 aromatic heterocycles. The number of Topliss-reactive ketones (excluding diaryl/α,β-unsaturated/α-hetero) is 1. The van der Waals surface area contributed by atoms with Crippen molar-refractivity contribution < 1.29 is 34.0 Å². The number of carbonyl (C=O) groups is 2. The fourth-order valence-electron chi connectivity index (χ4n) is 2.74. The van der Waals surface area contributed by atoms with Gasteiger partial charge >= 0.3 is 6.09 Å². The van der Waals surface area contributed by atoms with E-state index >= 15 is 0 Å². The van der Waals surface area contributed by atoms with Crippen LogP contribution in [0.25, 0.3) is 0 Å². The Morgan fingerprint density at radius 2 is 1.64 bits per heavy atom. The van der Waals surface area contributed by atoms with Gasteiger partial charge in [-0.1, -0.05) is 23.2 Å². The van der Waals surface area contributed by atoms with Crippen molar-refractivity contribution >= 4 is 46.5 Å². The number of nitrogens with one attached hydrogen (secondary N) is 1. The number of ether oxygens (including phenoxy) is 3. The SMILES string of the molecule is CC(=O)c1cc(Cl)ncc1NC(=O)OC(C)(C)C.CC1(c2cc(Cl)ncc2N)OCCO1.OCCO. The quantitative estimate of drug-likeness (QED) is 0.327. The Bertz CT molecular complexity index is 1020. The monoisotopic (exact) mass is 546 g/mol. The van der Waals surface area contributed by atoms with Crippen LogP contribution in [-0.2, 0) is 20.0 Å². The molecule has 1 aliphatic rings. The van der Waals surface area contributed by atoms with E-state index in [0.717, 1.165) is 5.56 Å². The minimum absolute atomic E-state index is 0.125. The summed E-state index contributed by atoms with van der Waals surface area (Å²) in [6.45, 7) is 9.33. The number of pyridine rings is 2. The Labute approximate surface area is 219 Å². The number of carbonyl (C=O) groups excluding carboxylic acids is 2. The fraction of sp³-hybridized carbons (Fsp3) is 0.478. The summed E-state index contributed by atoms with van der Waals surface area (Å²) in [6.07, 6.45) is 2.19. The molecule has 0 bridgehead atoms. The van der Waals surface area contributed by atoms with Crippen LogP contribution >= 0.6 is 23.2 Å². The number of nitrogens with two attached hydrogens (primary N) is 1. The molecule has 200 valence electrons. The summed E-state index contributed by atoms with van der Waals surface area (Å²) in [5.41, 5.74) is 6.99. The first-order valence-corrected chi connectivity index (χ1v) is 11.6. The number of aliphatic hydroxyl groups is 2.